The average Bonchev–Trinajstić information content (AvgIpc) is 3.42. The lowest BCUT2D eigenvalue weighted by molar-refractivity contribution is 0.103. The Bertz CT molecular complexity index is 1540. The third kappa shape index (κ3) is 5.19. The molecule has 1 aromatic heterocycles. The Morgan fingerprint density at radius 3 is 2.35 bits per heavy atom. The van der Waals surface area contributed by atoms with Gasteiger partial charge in [-0.1, -0.05) is 11.6 Å². The molecule has 1 fully saturated rings. The first-order valence-corrected chi connectivity index (χ1v) is 11.7. The summed E-state index contributed by atoms with van der Waals surface area (Å²) in [6.07, 6.45) is 3.78. The Morgan fingerprint density at radius 1 is 0.865 bits per heavy atom. The van der Waals surface area contributed by atoms with Gasteiger partial charge in [0, 0.05) is 36.1 Å². The van der Waals surface area contributed by atoms with Gasteiger partial charge < -0.3 is 15.5 Å². The van der Waals surface area contributed by atoms with Crippen molar-refractivity contribution in [1.29, 1.82) is 0 Å². The summed E-state index contributed by atoms with van der Waals surface area (Å²) in [5, 5.41) is 4.54. The van der Waals surface area contributed by atoms with E-state index in [0.29, 0.717) is 16.9 Å². The molecule has 3 aromatic carbocycles. The molecule has 11 heteroatoms. The molecule has 1 aliphatic rings. The monoisotopic (exact) mass is 525 g/mol. The van der Waals surface area contributed by atoms with Crippen molar-refractivity contribution in [3.8, 4) is 0 Å². The van der Waals surface area contributed by atoms with Gasteiger partial charge in [-0.05, 0) is 55.3 Å². The normalized spacial score (nSPS) is 13.1. The first kappa shape index (κ1) is 24.5. The number of carbonyl (C=O) groups is 2. The lowest BCUT2D eigenvalue weighted by atomic mass is 10.0. The van der Waals surface area contributed by atoms with Gasteiger partial charge in [0.05, 0.1) is 27.8 Å². The molecule has 1 aliphatic heterocycles. The highest BCUT2D eigenvalue weighted by Gasteiger charge is 2.21. The zero-order chi connectivity index (χ0) is 26.1. The zero-order valence-electron chi connectivity index (χ0n) is 19.2. The molecule has 0 saturated carbocycles. The van der Waals surface area contributed by atoms with E-state index in [9.17, 15) is 22.8 Å². The van der Waals surface area contributed by atoms with Crippen molar-refractivity contribution in [2.45, 2.75) is 12.8 Å². The molecule has 2 heterocycles. The molecule has 188 valence electrons. The molecule has 0 aliphatic carbocycles. The van der Waals surface area contributed by atoms with Crippen molar-refractivity contribution >= 4 is 51.6 Å². The SMILES string of the molecule is O=C(Nc1ccc(Cl)c(F)c1)Nc1cc(F)c(F)c(C(=O)c2ccc3ncc(N4CCCC4)nc3c2)c1. The van der Waals surface area contributed by atoms with E-state index in [-0.39, 0.29) is 22.0 Å². The molecule has 0 spiro atoms. The quantitative estimate of drug-likeness (QED) is 0.304. The van der Waals surface area contributed by atoms with Crippen molar-refractivity contribution in [2.75, 3.05) is 28.6 Å². The minimum absolute atomic E-state index is 0.0805. The van der Waals surface area contributed by atoms with Gasteiger partial charge in [0.1, 0.15) is 11.6 Å². The van der Waals surface area contributed by atoms with Crippen LogP contribution in [0.15, 0.2) is 54.7 Å². The Labute approximate surface area is 214 Å². The summed E-state index contributed by atoms with van der Waals surface area (Å²) < 4.78 is 42.6. The van der Waals surface area contributed by atoms with E-state index in [1.807, 2.05) is 0 Å². The Kier molecular flexibility index (Phi) is 6.66. The number of nitrogens with zero attached hydrogens (tertiary/aromatic N) is 3. The van der Waals surface area contributed by atoms with Crippen molar-refractivity contribution in [3.63, 3.8) is 0 Å². The van der Waals surface area contributed by atoms with Gasteiger partial charge in [0.2, 0.25) is 0 Å². The van der Waals surface area contributed by atoms with Crippen molar-refractivity contribution in [3.05, 3.63) is 88.3 Å². The molecular formula is C26H19ClF3N5O2. The average molecular weight is 526 g/mol. The number of amides is 2. The molecule has 2 N–H and O–H groups in total. The molecule has 7 nitrogen and oxygen atoms in total. The van der Waals surface area contributed by atoms with Gasteiger partial charge in [0.25, 0.3) is 0 Å². The second-order valence-corrected chi connectivity index (χ2v) is 8.89. The summed E-state index contributed by atoms with van der Waals surface area (Å²) in [7, 11) is 0. The van der Waals surface area contributed by atoms with E-state index in [0.717, 1.165) is 44.1 Å². The fraction of sp³-hybridized carbons (Fsp3) is 0.154. The second-order valence-electron chi connectivity index (χ2n) is 8.48. The van der Waals surface area contributed by atoms with Crippen LogP contribution in [0.1, 0.15) is 28.8 Å². The summed E-state index contributed by atoms with van der Waals surface area (Å²) in [5.74, 6) is -3.53. The standard InChI is InChI=1S/C26H19ClF3N5O2/c27-18-5-4-15(11-19(18)28)32-26(37)33-16-10-17(24(30)20(29)12-16)25(36)14-3-6-21-22(9-14)34-23(13-31-21)35-7-1-2-8-35/h3-6,9-13H,1-2,7-8H2,(H2,32,33,37). The lowest BCUT2D eigenvalue weighted by Gasteiger charge is -2.16. The molecule has 37 heavy (non-hydrogen) atoms. The molecule has 0 radical (unpaired) electrons. The Morgan fingerprint density at radius 2 is 1.59 bits per heavy atom. The van der Waals surface area contributed by atoms with Crippen LogP contribution >= 0.6 is 11.6 Å². The van der Waals surface area contributed by atoms with Crippen LogP contribution in [0, 0.1) is 17.5 Å². The number of hydrogen-bond donors (Lipinski definition) is 2. The minimum Gasteiger partial charge on any atom is -0.355 e. The summed E-state index contributed by atoms with van der Waals surface area (Å²) >= 11 is 5.62. The molecule has 5 rings (SSSR count). The maximum Gasteiger partial charge on any atom is 0.323 e. The summed E-state index contributed by atoms with van der Waals surface area (Å²) in [5.41, 5.74) is 0.416. The van der Waals surface area contributed by atoms with Crippen molar-refractivity contribution < 1.29 is 22.8 Å². The highest BCUT2D eigenvalue weighted by Crippen LogP contribution is 2.25. The van der Waals surface area contributed by atoms with E-state index in [2.05, 4.69) is 25.5 Å². The maximum absolute atomic E-state index is 14.7. The van der Waals surface area contributed by atoms with Gasteiger partial charge in [-0.3, -0.25) is 9.78 Å². The second kappa shape index (κ2) is 10.1. The molecule has 0 atom stereocenters. The Hall–Kier alpha value is -4.18. The van der Waals surface area contributed by atoms with Crippen LogP contribution in [0.4, 0.5) is 35.2 Å². The summed E-state index contributed by atoms with van der Waals surface area (Å²) in [6.45, 7) is 1.73. The predicted octanol–water partition coefficient (Wildman–Crippen LogP) is 6.18. The highest BCUT2D eigenvalue weighted by atomic mass is 35.5. The van der Waals surface area contributed by atoms with Crippen molar-refractivity contribution in [1.82, 2.24) is 9.97 Å². The third-order valence-corrected chi connectivity index (χ3v) is 6.24. The highest BCUT2D eigenvalue weighted by molar-refractivity contribution is 6.30. The number of aromatic nitrogens is 2. The molecule has 4 aromatic rings. The van der Waals surface area contributed by atoms with Crippen LogP contribution < -0.4 is 15.5 Å². The van der Waals surface area contributed by atoms with E-state index in [1.165, 1.54) is 24.3 Å². The summed E-state index contributed by atoms with van der Waals surface area (Å²) in [4.78, 5) is 36.5. The van der Waals surface area contributed by atoms with E-state index >= 15 is 0 Å². The predicted molar refractivity (Wildman–Crippen MR) is 135 cm³/mol. The molecule has 0 bridgehead atoms. The Balaban J connectivity index is 1.40. The number of anilines is 3. The number of hydrogen-bond acceptors (Lipinski definition) is 5. The summed E-state index contributed by atoms with van der Waals surface area (Å²) in [6, 6.07) is 9.03. The van der Waals surface area contributed by atoms with Crippen LogP contribution in [0.5, 0.6) is 0 Å². The van der Waals surface area contributed by atoms with Gasteiger partial charge in [-0.25, -0.2) is 22.9 Å². The number of rotatable bonds is 5. The third-order valence-electron chi connectivity index (χ3n) is 5.93. The van der Waals surface area contributed by atoms with Crippen LogP contribution in [-0.2, 0) is 0 Å². The van der Waals surface area contributed by atoms with Crippen LogP contribution in [0.3, 0.4) is 0 Å². The first-order valence-electron chi connectivity index (χ1n) is 11.4. The number of halogens is 4. The number of carbonyl (C=O) groups excluding carboxylic acids is 2. The smallest absolute Gasteiger partial charge is 0.323 e. The molecule has 0 unspecified atom stereocenters. The number of fused-ring (bicyclic) bond motifs is 1. The van der Waals surface area contributed by atoms with E-state index < -0.39 is 34.8 Å². The topological polar surface area (TPSA) is 87.2 Å². The van der Waals surface area contributed by atoms with E-state index in [4.69, 9.17) is 11.6 Å². The number of nitrogens with one attached hydrogen (secondary N) is 2. The molecular weight excluding hydrogens is 507 g/mol. The first-order chi connectivity index (χ1) is 17.8. The fourth-order valence-electron chi connectivity index (χ4n) is 4.09. The maximum atomic E-state index is 14.7. The lowest BCUT2D eigenvalue weighted by Crippen LogP contribution is -2.20. The number of ketones is 1. The minimum atomic E-state index is -1.35. The van der Waals surface area contributed by atoms with Crippen molar-refractivity contribution in [2.24, 2.45) is 0 Å². The zero-order valence-corrected chi connectivity index (χ0v) is 20.0. The van der Waals surface area contributed by atoms with E-state index in [1.54, 1.807) is 12.3 Å². The van der Waals surface area contributed by atoms with Gasteiger partial charge in [-0.15, -0.1) is 0 Å². The number of urea groups is 1. The van der Waals surface area contributed by atoms with Crippen LogP contribution in [-0.4, -0.2) is 34.9 Å². The van der Waals surface area contributed by atoms with Gasteiger partial charge >= 0.3 is 6.03 Å². The molecule has 2 amide bonds. The molecule has 1 saturated heterocycles. The largest absolute Gasteiger partial charge is 0.355 e. The van der Waals surface area contributed by atoms with Crippen LogP contribution in [0.2, 0.25) is 5.02 Å². The van der Waals surface area contributed by atoms with Gasteiger partial charge in [0.15, 0.2) is 17.4 Å². The van der Waals surface area contributed by atoms with Gasteiger partial charge in [-0.2, -0.15) is 0 Å². The number of benzene rings is 3. The fourth-order valence-corrected chi connectivity index (χ4v) is 4.21. The van der Waals surface area contributed by atoms with Crippen LogP contribution in [0.25, 0.3) is 11.0 Å².